The van der Waals surface area contributed by atoms with Crippen LogP contribution in [0.1, 0.15) is 5.69 Å². The number of hydrogen-bond donors (Lipinski definition) is 2. The highest BCUT2D eigenvalue weighted by Gasteiger charge is 2.17. The van der Waals surface area contributed by atoms with Gasteiger partial charge in [0.1, 0.15) is 16.4 Å². The van der Waals surface area contributed by atoms with E-state index >= 15 is 0 Å². The summed E-state index contributed by atoms with van der Waals surface area (Å²) in [6, 6.07) is 3.07. The second-order valence-electron chi connectivity index (χ2n) is 4.18. The number of hydrogen-bond acceptors (Lipinski definition) is 4. The fraction of sp³-hybridized carbons (Fsp3) is 0.0667. The van der Waals surface area contributed by atoms with Crippen molar-refractivity contribution in [3.8, 4) is 18.1 Å². The molecule has 0 saturated heterocycles. The van der Waals surface area contributed by atoms with Crippen LogP contribution in [0.4, 0.5) is 4.39 Å². The van der Waals surface area contributed by atoms with Crippen molar-refractivity contribution in [2.45, 2.75) is 0 Å². The van der Waals surface area contributed by atoms with Gasteiger partial charge in [0.05, 0.1) is 4.48 Å². The Morgan fingerprint density at radius 2 is 2.36 bits per heavy atom. The monoisotopic (exact) mass is 379 g/mol. The molecule has 0 aliphatic carbocycles. The molecule has 4 nitrogen and oxygen atoms in total. The molecule has 0 aromatic carbocycles. The van der Waals surface area contributed by atoms with E-state index in [4.69, 9.17) is 29.1 Å². The van der Waals surface area contributed by atoms with Crippen LogP contribution in [0.5, 0.6) is 5.75 Å². The number of nitrogens with two attached hydrogens (primary N) is 1. The predicted octanol–water partition coefficient (Wildman–Crippen LogP) is 2.67. The Hall–Kier alpha value is -2.17. The number of pyridine rings is 1. The Bertz CT molecular complexity index is 749. The number of rotatable bonds is 4. The van der Waals surface area contributed by atoms with Gasteiger partial charge in [0.15, 0.2) is 5.76 Å². The van der Waals surface area contributed by atoms with E-state index in [1.54, 1.807) is 18.3 Å². The molecular formula is C15H11BrFN3OS. The van der Waals surface area contributed by atoms with Crippen LogP contribution < -0.4 is 15.8 Å². The molecule has 2 rings (SSSR count). The molecule has 7 heteroatoms. The highest BCUT2D eigenvalue weighted by molar-refractivity contribution is 9.12. The lowest BCUT2D eigenvalue weighted by Gasteiger charge is -2.12. The first kappa shape index (κ1) is 16.2. The number of nitrogens with one attached hydrogen (secondary N) is 1. The van der Waals surface area contributed by atoms with Crippen LogP contribution in [0.2, 0.25) is 0 Å². The number of nitrogens with zero attached hydrogens (tertiary/aromatic N) is 1. The number of halogens is 2. The maximum Gasteiger partial charge on any atom is 0.216 e. The van der Waals surface area contributed by atoms with Crippen molar-refractivity contribution in [1.29, 1.82) is 0 Å². The van der Waals surface area contributed by atoms with Crippen LogP contribution in [-0.4, -0.2) is 16.5 Å². The zero-order valence-corrected chi connectivity index (χ0v) is 13.7. The van der Waals surface area contributed by atoms with Crippen molar-refractivity contribution < 1.29 is 9.13 Å². The van der Waals surface area contributed by atoms with Gasteiger partial charge >= 0.3 is 0 Å². The third-order valence-corrected chi connectivity index (χ3v) is 3.78. The van der Waals surface area contributed by atoms with E-state index in [0.717, 1.165) is 5.57 Å². The summed E-state index contributed by atoms with van der Waals surface area (Å²) in [5.41, 5.74) is 6.70. The van der Waals surface area contributed by atoms with E-state index < -0.39 is 5.83 Å². The van der Waals surface area contributed by atoms with Crippen LogP contribution in [0.15, 0.2) is 52.2 Å². The fourth-order valence-corrected chi connectivity index (χ4v) is 2.30. The Kier molecular flexibility index (Phi) is 5.31. The van der Waals surface area contributed by atoms with Crippen molar-refractivity contribution >= 4 is 33.1 Å². The van der Waals surface area contributed by atoms with Crippen molar-refractivity contribution in [3.63, 3.8) is 0 Å². The molecule has 0 unspecified atom stereocenters. The van der Waals surface area contributed by atoms with E-state index in [-0.39, 0.29) is 10.7 Å². The smallest absolute Gasteiger partial charge is 0.216 e. The van der Waals surface area contributed by atoms with E-state index in [1.165, 1.54) is 12.3 Å². The first-order valence-corrected chi connectivity index (χ1v) is 7.32. The molecule has 0 atom stereocenters. The average Bonchev–Trinajstić information content (AvgIpc) is 3.06. The molecule has 0 amide bonds. The molecule has 112 valence electrons. The highest BCUT2D eigenvalue weighted by atomic mass is 79.9. The minimum atomic E-state index is -0.826. The lowest BCUT2D eigenvalue weighted by atomic mass is 10.2. The van der Waals surface area contributed by atoms with Crippen molar-refractivity contribution in [2.75, 3.05) is 6.54 Å². The molecule has 1 aliphatic rings. The first-order valence-electron chi connectivity index (χ1n) is 6.12. The summed E-state index contributed by atoms with van der Waals surface area (Å²) >= 11 is 8.18. The number of thiocarbonyl (C=S) groups is 1. The summed E-state index contributed by atoms with van der Waals surface area (Å²) in [6.45, 7) is 0.541. The number of allylic oxidation sites excluding steroid dienone is 2. The van der Waals surface area contributed by atoms with Crippen molar-refractivity contribution in [1.82, 2.24) is 10.3 Å². The lowest BCUT2D eigenvalue weighted by molar-refractivity contribution is 0.418. The maximum absolute atomic E-state index is 14.0. The second-order valence-corrected chi connectivity index (χ2v) is 5.42. The van der Waals surface area contributed by atoms with Crippen molar-refractivity contribution in [2.24, 2.45) is 5.73 Å². The molecule has 2 heterocycles. The summed E-state index contributed by atoms with van der Waals surface area (Å²) < 4.78 is 20.0. The molecule has 0 radical (unpaired) electrons. The van der Waals surface area contributed by atoms with E-state index in [1.807, 2.05) is 5.92 Å². The third-order valence-electron chi connectivity index (χ3n) is 2.71. The van der Waals surface area contributed by atoms with Gasteiger partial charge in [-0.05, 0) is 45.8 Å². The summed E-state index contributed by atoms with van der Waals surface area (Å²) in [7, 11) is 0. The van der Waals surface area contributed by atoms with Gasteiger partial charge in [-0.1, -0.05) is 12.2 Å². The van der Waals surface area contributed by atoms with Gasteiger partial charge in [-0.15, -0.1) is 6.42 Å². The molecule has 0 fully saturated rings. The van der Waals surface area contributed by atoms with Gasteiger partial charge in [0.25, 0.3) is 0 Å². The maximum atomic E-state index is 14.0. The minimum absolute atomic E-state index is 0.0917. The quantitative estimate of drug-likeness (QED) is 0.478. The van der Waals surface area contributed by atoms with E-state index in [9.17, 15) is 4.39 Å². The van der Waals surface area contributed by atoms with Crippen LogP contribution in [0.25, 0.3) is 0 Å². The molecular weight excluding hydrogens is 369 g/mol. The van der Waals surface area contributed by atoms with Crippen LogP contribution in [0, 0.1) is 12.3 Å². The molecule has 0 saturated carbocycles. The molecule has 3 N–H and O–H groups in total. The zero-order chi connectivity index (χ0) is 16.1. The molecule has 1 aromatic rings. The van der Waals surface area contributed by atoms with Gasteiger partial charge in [-0.25, -0.2) is 0 Å². The van der Waals surface area contributed by atoms with Crippen LogP contribution >= 0.6 is 28.1 Å². The number of terminal acetylenes is 1. The van der Waals surface area contributed by atoms with Gasteiger partial charge in [-0.2, -0.15) is 4.39 Å². The van der Waals surface area contributed by atoms with Crippen LogP contribution in [0.3, 0.4) is 0 Å². The largest absolute Gasteiger partial charge is 0.452 e. The number of aromatic nitrogens is 1. The average molecular weight is 380 g/mol. The second kappa shape index (κ2) is 7.20. The van der Waals surface area contributed by atoms with Gasteiger partial charge in [-0.3, -0.25) is 4.98 Å². The third kappa shape index (κ3) is 3.72. The Morgan fingerprint density at radius 3 is 2.95 bits per heavy atom. The van der Waals surface area contributed by atoms with Crippen LogP contribution in [-0.2, 0) is 0 Å². The molecule has 0 bridgehead atoms. The van der Waals surface area contributed by atoms with E-state index in [0.29, 0.717) is 22.5 Å². The lowest BCUT2D eigenvalue weighted by Crippen LogP contribution is -2.11. The van der Waals surface area contributed by atoms with Gasteiger partial charge < -0.3 is 15.8 Å². The summed E-state index contributed by atoms with van der Waals surface area (Å²) in [5, 5.41) is 2.99. The normalized spacial score (nSPS) is 16.4. The minimum Gasteiger partial charge on any atom is -0.452 e. The summed E-state index contributed by atoms with van der Waals surface area (Å²) in [5.74, 6) is 1.35. The Morgan fingerprint density at radius 1 is 1.59 bits per heavy atom. The fourth-order valence-electron chi connectivity index (χ4n) is 1.66. The standard InChI is InChI=1S/C15H11BrFN3OS/c1-2-11(17)14(13(16)9-3-5-19-8-9)21-10-4-6-20-12(7-10)15(18)22/h1,3-7,19H,8H2,(H2,18,22)/b13-9+,14-11-. The van der Waals surface area contributed by atoms with Gasteiger partial charge in [0.2, 0.25) is 5.83 Å². The Labute approximate surface area is 141 Å². The topological polar surface area (TPSA) is 60.2 Å². The predicted molar refractivity (Wildman–Crippen MR) is 90.8 cm³/mol. The summed E-state index contributed by atoms with van der Waals surface area (Å²) in [6.07, 6.45) is 10.2. The highest BCUT2D eigenvalue weighted by Crippen LogP contribution is 2.29. The Balaban J connectivity index is 2.40. The molecule has 1 aliphatic heterocycles. The molecule has 22 heavy (non-hydrogen) atoms. The SMILES string of the molecule is C#C/C(F)=C(Oc1ccnc(C(N)=S)c1)\C(Br)=C1\C=CNC1. The summed E-state index contributed by atoms with van der Waals surface area (Å²) in [4.78, 5) is 4.11. The van der Waals surface area contributed by atoms with Crippen molar-refractivity contribution in [3.05, 3.63) is 57.9 Å². The van der Waals surface area contributed by atoms with Gasteiger partial charge in [0, 0.05) is 18.8 Å². The number of ether oxygens (including phenoxy) is 1. The zero-order valence-electron chi connectivity index (χ0n) is 11.3. The van der Waals surface area contributed by atoms with E-state index in [2.05, 4.69) is 26.2 Å². The molecule has 0 spiro atoms. The first-order chi connectivity index (χ1) is 10.5. The molecule has 1 aromatic heterocycles.